The van der Waals surface area contributed by atoms with Gasteiger partial charge in [0.05, 0.1) is 6.10 Å². The minimum absolute atomic E-state index is 0.0533. The lowest BCUT2D eigenvalue weighted by Crippen LogP contribution is -2.56. The van der Waals surface area contributed by atoms with Gasteiger partial charge in [-0.05, 0) is 35.1 Å². The number of aliphatic hydroxyl groups is 1. The number of hydrogen-bond donors (Lipinski definition) is 4. The molecule has 2 aromatic rings. The average molecular weight is 440 g/mol. The van der Waals surface area contributed by atoms with E-state index in [1.807, 2.05) is 48.5 Å². The van der Waals surface area contributed by atoms with Crippen molar-refractivity contribution in [2.75, 3.05) is 6.61 Å². The smallest absolute Gasteiger partial charge is 0.407 e. The summed E-state index contributed by atoms with van der Waals surface area (Å²) in [7, 11) is 0. The van der Waals surface area contributed by atoms with Crippen molar-refractivity contribution in [1.29, 1.82) is 0 Å². The third kappa shape index (κ3) is 4.91. The highest BCUT2D eigenvalue weighted by Crippen LogP contribution is 2.44. The van der Waals surface area contributed by atoms with Crippen LogP contribution in [0.25, 0.3) is 11.1 Å². The van der Waals surface area contributed by atoms with Crippen molar-refractivity contribution in [3.05, 3.63) is 59.7 Å². The number of aliphatic carboxylic acids is 1. The van der Waals surface area contributed by atoms with Crippen LogP contribution in [0.2, 0.25) is 0 Å². The Balaban J connectivity index is 1.67. The SMILES string of the molecule is CC(C)[C@H](NC(=O)[C@@H](NC(=O)OCC1c2ccccc2-c2ccccc21)[C@@H](C)O)C(=O)O. The zero-order chi connectivity index (χ0) is 23.4. The van der Waals surface area contributed by atoms with Gasteiger partial charge >= 0.3 is 12.1 Å². The van der Waals surface area contributed by atoms with Crippen LogP contribution in [0.15, 0.2) is 48.5 Å². The van der Waals surface area contributed by atoms with Gasteiger partial charge in [-0.3, -0.25) is 4.79 Å². The number of fused-ring (bicyclic) bond motifs is 3. The Kier molecular flexibility index (Phi) is 7.15. The zero-order valence-electron chi connectivity index (χ0n) is 18.2. The first kappa shape index (κ1) is 23.3. The predicted octanol–water partition coefficient (Wildman–Crippen LogP) is 2.50. The lowest BCUT2D eigenvalue weighted by atomic mass is 9.98. The molecule has 0 radical (unpaired) electrons. The van der Waals surface area contributed by atoms with E-state index < -0.39 is 36.2 Å². The van der Waals surface area contributed by atoms with Crippen LogP contribution in [0.4, 0.5) is 4.79 Å². The van der Waals surface area contributed by atoms with Crippen molar-refractivity contribution in [3.8, 4) is 11.1 Å². The molecule has 8 nitrogen and oxygen atoms in total. The largest absolute Gasteiger partial charge is 0.480 e. The molecule has 4 N–H and O–H groups in total. The van der Waals surface area contributed by atoms with E-state index in [0.29, 0.717) is 0 Å². The van der Waals surface area contributed by atoms with E-state index in [9.17, 15) is 24.6 Å². The van der Waals surface area contributed by atoms with Gasteiger partial charge in [0.15, 0.2) is 0 Å². The summed E-state index contributed by atoms with van der Waals surface area (Å²) >= 11 is 0. The van der Waals surface area contributed by atoms with Crippen LogP contribution in [0.1, 0.15) is 37.8 Å². The number of carboxylic acid groups (broad SMARTS) is 1. The van der Waals surface area contributed by atoms with Crippen molar-refractivity contribution < 1.29 is 29.3 Å². The van der Waals surface area contributed by atoms with Crippen LogP contribution in [0, 0.1) is 5.92 Å². The molecule has 2 amide bonds. The number of aliphatic hydroxyl groups excluding tert-OH is 1. The number of nitrogens with one attached hydrogen (secondary N) is 2. The molecule has 8 heteroatoms. The standard InChI is InChI=1S/C24H28N2O6/c1-13(2)20(23(29)30)25-22(28)21(14(3)27)26-24(31)32-12-19-17-10-6-4-8-15(17)16-9-5-7-11-18(16)19/h4-11,13-14,19-21,27H,12H2,1-3H3,(H,25,28)(H,26,31)(H,29,30)/t14-,20+,21+/m1/s1. The molecule has 3 atom stereocenters. The van der Waals surface area contributed by atoms with Gasteiger partial charge in [-0.25, -0.2) is 9.59 Å². The minimum atomic E-state index is -1.36. The molecular weight excluding hydrogens is 412 g/mol. The molecule has 3 rings (SSSR count). The maximum absolute atomic E-state index is 12.5. The maximum Gasteiger partial charge on any atom is 0.407 e. The number of rotatable bonds is 8. The van der Waals surface area contributed by atoms with Gasteiger partial charge < -0.3 is 25.6 Å². The fraction of sp³-hybridized carbons (Fsp3) is 0.375. The number of benzene rings is 2. The summed E-state index contributed by atoms with van der Waals surface area (Å²) in [4.78, 5) is 36.3. The van der Waals surface area contributed by atoms with Gasteiger partial charge in [-0.15, -0.1) is 0 Å². The van der Waals surface area contributed by atoms with Crippen molar-refractivity contribution in [1.82, 2.24) is 10.6 Å². The molecule has 0 fully saturated rings. The average Bonchev–Trinajstić information content (AvgIpc) is 3.07. The molecule has 0 unspecified atom stereocenters. The van der Waals surface area contributed by atoms with Gasteiger partial charge in [-0.1, -0.05) is 62.4 Å². The van der Waals surface area contributed by atoms with E-state index >= 15 is 0 Å². The monoisotopic (exact) mass is 440 g/mol. The number of hydrogen-bond acceptors (Lipinski definition) is 5. The van der Waals surface area contributed by atoms with Crippen LogP contribution in [0.5, 0.6) is 0 Å². The summed E-state index contributed by atoms with van der Waals surface area (Å²) in [5.74, 6) is -2.52. The molecule has 1 aliphatic rings. The first-order chi connectivity index (χ1) is 15.2. The van der Waals surface area contributed by atoms with Crippen molar-refractivity contribution in [3.63, 3.8) is 0 Å². The molecular formula is C24H28N2O6. The van der Waals surface area contributed by atoms with E-state index in [4.69, 9.17) is 4.74 Å². The van der Waals surface area contributed by atoms with Crippen LogP contribution in [-0.4, -0.2) is 53.0 Å². The third-order valence-corrected chi connectivity index (χ3v) is 5.61. The number of carboxylic acids is 1. The normalized spacial score (nSPS) is 15.3. The van der Waals surface area contributed by atoms with Gasteiger partial charge in [0.2, 0.25) is 5.91 Å². The topological polar surface area (TPSA) is 125 Å². The van der Waals surface area contributed by atoms with Crippen LogP contribution < -0.4 is 10.6 Å². The van der Waals surface area contributed by atoms with Gasteiger partial charge in [0, 0.05) is 5.92 Å². The highest BCUT2D eigenvalue weighted by Gasteiger charge is 2.33. The quantitative estimate of drug-likeness (QED) is 0.500. The third-order valence-electron chi connectivity index (χ3n) is 5.61. The van der Waals surface area contributed by atoms with Crippen LogP contribution >= 0.6 is 0 Å². The Bertz CT molecular complexity index is 958. The Hall–Kier alpha value is -3.39. The molecule has 1 aliphatic carbocycles. The minimum Gasteiger partial charge on any atom is -0.480 e. The Morgan fingerprint density at radius 3 is 1.91 bits per heavy atom. The number of carbonyl (C=O) groups is 3. The maximum atomic E-state index is 12.5. The van der Waals surface area contributed by atoms with Gasteiger partial charge in [-0.2, -0.15) is 0 Å². The highest BCUT2D eigenvalue weighted by molar-refractivity contribution is 5.89. The molecule has 2 aromatic carbocycles. The van der Waals surface area contributed by atoms with Crippen molar-refractivity contribution in [2.24, 2.45) is 5.92 Å². The van der Waals surface area contributed by atoms with E-state index in [-0.39, 0.29) is 18.4 Å². The summed E-state index contributed by atoms with van der Waals surface area (Å²) in [6.07, 6.45) is -2.12. The second-order valence-corrected chi connectivity index (χ2v) is 8.26. The van der Waals surface area contributed by atoms with Gasteiger partial charge in [0.1, 0.15) is 18.7 Å². The Labute approximate surface area is 186 Å². The molecule has 0 aliphatic heterocycles. The Morgan fingerprint density at radius 2 is 1.44 bits per heavy atom. The van der Waals surface area contributed by atoms with Crippen LogP contribution in [0.3, 0.4) is 0 Å². The first-order valence-corrected chi connectivity index (χ1v) is 10.5. The zero-order valence-corrected chi connectivity index (χ0v) is 18.2. The van der Waals surface area contributed by atoms with Crippen molar-refractivity contribution >= 4 is 18.0 Å². The summed E-state index contributed by atoms with van der Waals surface area (Å²) < 4.78 is 5.41. The van der Waals surface area contributed by atoms with E-state index in [2.05, 4.69) is 10.6 Å². The molecule has 0 aromatic heterocycles. The molecule has 170 valence electrons. The predicted molar refractivity (Wildman–Crippen MR) is 118 cm³/mol. The summed E-state index contributed by atoms with van der Waals surface area (Å²) in [6, 6.07) is 13.3. The summed E-state index contributed by atoms with van der Waals surface area (Å²) in [6.45, 7) is 4.68. The lowest BCUT2D eigenvalue weighted by molar-refractivity contribution is -0.143. The highest BCUT2D eigenvalue weighted by atomic mass is 16.5. The Morgan fingerprint density at radius 1 is 0.906 bits per heavy atom. The van der Waals surface area contributed by atoms with E-state index in [0.717, 1.165) is 22.3 Å². The number of carbonyl (C=O) groups excluding carboxylic acids is 2. The van der Waals surface area contributed by atoms with E-state index in [1.54, 1.807) is 13.8 Å². The molecule has 0 spiro atoms. The molecule has 32 heavy (non-hydrogen) atoms. The molecule has 0 heterocycles. The molecule has 0 saturated heterocycles. The second-order valence-electron chi connectivity index (χ2n) is 8.26. The van der Waals surface area contributed by atoms with Gasteiger partial charge in [0.25, 0.3) is 0 Å². The number of ether oxygens (including phenoxy) is 1. The number of alkyl carbamates (subject to hydrolysis) is 1. The fourth-order valence-corrected chi connectivity index (χ4v) is 3.93. The summed E-state index contributed by atoms with van der Waals surface area (Å²) in [5, 5.41) is 24.0. The lowest BCUT2D eigenvalue weighted by Gasteiger charge is -2.25. The first-order valence-electron chi connectivity index (χ1n) is 10.5. The van der Waals surface area contributed by atoms with Crippen molar-refractivity contribution in [2.45, 2.75) is 44.9 Å². The molecule has 0 bridgehead atoms. The number of amides is 2. The second kappa shape index (κ2) is 9.82. The molecule has 0 saturated carbocycles. The summed E-state index contributed by atoms with van der Waals surface area (Å²) in [5.41, 5.74) is 4.28. The van der Waals surface area contributed by atoms with Crippen LogP contribution in [-0.2, 0) is 14.3 Å². The van der Waals surface area contributed by atoms with E-state index in [1.165, 1.54) is 6.92 Å². The fourth-order valence-electron chi connectivity index (χ4n) is 3.93.